The molecule has 2 nitrogen and oxygen atoms in total. The minimum Gasteiger partial charge on any atom is -0.387 e. The number of Topliss-reactive ketones (excluding diaryl/α,β-unsaturated/α-hetero) is 1. The number of hydrogen-bond donors (Lipinski definition) is 1. The zero-order valence-electron chi connectivity index (χ0n) is 8.79. The Morgan fingerprint density at radius 1 is 1.14 bits per heavy atom. The van der Waals surface area contributed by atoms with Crippen LogP contribution in [0.4, 0.5) is 0 Å². The quantitative estimate of drug-likeness (QED) is 0.739. The molecule has 0 unspecified atom stereocenters. The maximum absolute atomic E-state index is 11.2. The number of ketones is 1. The molecule has 1 rings (SSSR count). The Labute approximate surface area is 84.6 Å². The van der Waals surface area contributed by atoms with Gasteiger partial charge in [0.1, 0.15) is 0 Å². The minimum absolute atomic E-state index is 0.0956. The van der Waals surface area contributed by atoms with Crippen molar-refractivity contribution in [1.82, 2.24) is 5.32 Å². The van der Waals surface area contributed by atoms with Gasteiger partial charge in [0, 0.05) is 18.3 Å². The average molecular weight is 189 g/mol. The largest absolute Gasteiger partial charge is 0.387 e. The van der Waals surface area contributed by atoms with Crippen molar-refractivity contribution < 1.29 is 4.79 Å². The third-order valence-corrected chi connectivity index (χ3v) is 2.22. The summed E-state index contributed by atoms with van der Waals surface area (Å²) in [7, 11) is 1.83. The number of carbonyl (C=O) groups is 1. The summed E-state index contributed by atoms with van der Waals surface area (Å²) >= 11 is 0. The molecule has 0 aliphatic heterocycles. The number of allylic oxidation sites excluding steroid dienone is 1. The SMILES string of the molecule is CNC(=C(C)C(C)=O)c1ccccc1. The summed E-state index contributed by atoms with van der Waals surface area (Å²) < 4.78 is 0. The van der Waals surface area contributed by atoms with Crippen molar-refractivity contribution >= 4 is 11.5 Å². The molecule has 0 heterocycles. The first-order valence-corrected chi connectivity index (χ1v) is 4.61. The van der Waals surface area contributed by atoms with Gasteiger partial charge in [-0.25, -0.2) is 0 Å². The molecule has 0 saturated carbocycles. The van der Waals surface area contributed by atoms with E-state index in [9.17, 15) is 4.79 Å². The van der Waals surface area contributed by atoms with E-state index in [-0.39, 0.29) is 5.78 Å². The van der Waals surface area contributed by atoms with Gasteiger partial charge in [-0.2, -0.15) is 0 Å². The van der Waals surface area contributed by atoms with Crippen molar-refractivity contribution in [3.05, 3.63) is 41.5 Å². The van der Waals surface area contributed by atoms with Crippen molar-refractivity contribution in [3.63, 3.8) is 0 Å². The lowest BCUT2D eigenvalue weighted by Crippen LogP contribution is -2.10. The molecular weight excluding hydrogens is 174 g/mol. The lowest BCUT2D eigenvalue weighted by molar-refractivity contribution is -0.113. The fourth-order valence-electron chi connectivity index (χ4n) is 1.33. The first-order valence-electron chi connectivity index (χ1n) is 4.61. The standard InChI is InChI=1S/C12H15NO/c1-9(10(2)14)12(13-3)11-7-5-4-6-8-11/h4-8,13H,1-3H3. The van der Waals surface area contributed by atoms with Gasteiger partial charge >= 0.3 is 0 Å². The van der Waals surface area contributed by atoms with Gasteiger partial charge in [0.2, 0.25) is 0 Å². The van der Waals surface area contributed by atoms with Gasteiger partial charge in [-0.1, -0.05) is 30.3 Å². The molecule has 2 heteroatoms. The first kappa shape index (κ1) is 10.5. The van der Waals surface area contributed by atoms with Crippen molar-refractivity contribution in [1.29, 1.82) is 0 Å². The average Bonchev–Trinajstić information content (AvgIpc) is 2.20. The van der Waals surface area contributed by atoms with E-state index in [1.807, 2.05) is 44.3 Å². The monoisotopic (exact) mass is 189 g/mol. The molecule has 1 aromatic rings. The summed E-state index contributed by atoms with van der Waals surface area (Å²) in [4.78, 5) is 11.2. The number of rotatable bonds is 3. The van der Waals surface area contributed by atoms with Gasteiger partial charge in [0.05, 0.1) is 0 Å². The van der Waals surface area contributed by atoms with E-state index in [1.165, 1.54) is 0 Å². The Hall–Kier alpha value is -1.57. The molecule has 0 fully saturated rings. The summed E-state index contributed by atoms with van der Waals surface area (Å²) in [5.41, 5.74) is 2.71. The van der Waals surface area contributed by atoms with E-state index in [4.69, 9.17) is 0 Å². The highest BCUT2D eigenvalue weighted by molar-refractivity contribution is 6.00. The molecule has 1 aromatic carbocycles. The van der Waals surface area contributed by atoms with E-state index < -0.39 is 0 Å². The molecule has 0 amide bonds. The van der Waals surface area contributed by atoms with Crippen LogP contribution in [0.3, 0.4) is 0 Å². The molecule has 0 saturated heterocycles. The van der Waals surface area contributed by atoms with Crippen LogP contribution in [0, 0.1) is 0 Å². The first-order chi connectivity index (χ1) is 6.66. The molecular formula is C12H15NO. The van der Waals surface area contributed by atoms with Gasteiger partial charge in [-0.3, -0.25) is 4.79 Å². The number of carbonyl (C=O) groups excluding carboxylic acids is 1. The Morgan fingerprint density at radius 3 is 2.14 bits per heavy atom. The molecule has 0 aliphatic carbocycles. The van der Waals surface area contributed by atoms with Gasteiger partial charge in [0.15, 0.2) is 5.78 Å². The lowest BCUT2D eigenvalue weighted by Gasteiger charge is -2.09. The zero-order valence-corrected chi connectivity index (χ0v) is 8.79. The Morgan fingerprint density at radius 2 is 1.71 bits per heavy atom. The van der Waals surface area contributed by atoms with Gasteiger partial charge in [-0.05, 0) is 19.4 Å². The normalized spacial score (nSPS) is 11.9. The smallest absolute Gasteiger partial charge is 0.157 e. The third-order valence-electron chi connectivity index (χ3n) is 2.22. The second-order valence-corrected chi connectivity index (χ2v) is 3.17. The van der Waals surface area contributed by atoms with Crippen LogP contribution in [0.2, 0.25) is 0 Å². The predicted octanol–water partition coefficient (Wildman–Crippen LogP) is 2.23. The van der Waals surface area contributed by atoms with Crippen LogP contribution in [0.1, 0.15) is 19.4 Å². The predicted molar refractivity (Wildman–Crippen MR) is 58.8 cm³/mol. The summed E-state index contributed by atoms with van der Waals surface area (Å²) in [6.07, 6.45) is 0. The molecule has 0 aliphatic rings. The third kappa shape index (κ3) is 2.22. The van der Waals surface area contributed by atoms with Gasteiger partial charge in [-0.15, -0.1) is 0 Å². The Balaban J connectivity index is 3.17. The van der Waals surface area contributed by atoms with Crippen LogP contribution in [-0.4, -0.2) is 12.8 Å². The zero-order chi connectivity index (χ0) is 10.6. The van der Waals surface area contributed by atoms with E-state index in [2.05, 4.69) is 5.32 Å². The molecule has 0 spiro atoms. The number of benzene rings is 1. The van der Waals surface area contributed by atoms with Crippen LogP contribution >= 0.6 is 0 Å². The molecule has 0 bridgehead atoms. The minimum atomic E-state index is 0.0956. The maximum atomic E-state index is 11.2. The van der Waals surface area contributed by atoms with Crippen LogP contribution in [-0.2, 0) is 4.79 Å². The Kier molecular flexibility index (Phi) is 3.46. The van der Waals surface area contributed by atoms with Crippen LogP contribution in [0.5, 0.6) is 0 Å². The highest BCUT2D eigenvalue weighted by Crippen LogP contribution is 2.15. The fourth-order valence-corrected chi connectivity index (χ4v) is 1.33. The molecule has 14 heavy (non-hydrogen) atoms. The molecule has 74 valence electrons. The highest BCUT2D eigenvalue weighted by atomic mass is 16.1. The van der Waals surface area contributed by atoms with Crippen molar-refractivity contribution in [2.75, 3.05) is 7.05 Å². The summed E-state index contributed by atoms with van der Waals surface area (Å²) in [6, 6.07) is 9.84. The Bertz CT molecular complexity index is 352. The van der Waals surface area contributed by atoms with Crippen molar-refractivity contribution in [2.24, 2.45) is 0 Å². The van der Waals surface area contributed by atoms with Gasteiger partial charge in [0.25, 0.3) is 0 Å². The second kappa shape index (κ2) is 4.61. The van der Waals surface area contributed by atoms with Crippen LogP contribution in [0.25, 0.3) is 5.70 Å². The van der Waals surface area contributed by atoms with Crippen LogP contribution < -0.4 is 5.32 Å². The van der Waals surface area contributed by atoms with Crippen molar-refractivity contribution in [2.45, 2.75) is 13.8 Å². The topological polar surface area (TPSA) is 29.1 Å². The van der Waals surface area contributed by atoms with E-state index in [1.54, 1.807) is 6.92 Å². The lowest BCUT2D eigenvalue weighted by atomic mass is 10.1. The summed E-state index contributed by atoms with van der Waals surface area (Å²) in [5.74, 6) is 0.0956. The molecule has 1 N–H and O–H groups in total. The molecule has 0 atom stereocenters. The van der Waals surface area contributed by atoms with Crippen LogP contribution in [0.15, 0.2) is 35.9 Å². The molecule has 0 aromatic heterocycles. The van der Waals surface area contributed by atoms with E-state index in [0.717, 1.165) is 16.8 Å². The van der Waals surface area contributed by atoms with E-state index >= 15 is 0 Å². The van der Waals surface area contributed by atoms with E-state index in [0.29, 0.717) is 0 Å². The number of nitrogens with one attached hydrogen (secondary N) is 1. The summed E-state index contributed by atoms with van der Waals surface area (Å²) in [6.45, 7) is 3.41. The number of hydrogen-bond acceptors (Lipinski definition) is 2. The highest BCUT2D eigenvalue weighted by Gasteiger charge is 2.06. The fraction of sp³-hybridized carbons (Fsp3) is 0.250. The second-order valence-electron chi connectivity index (χ2n) is 3.17. The molecule has 0 radical (unpaired) electrons. The summed E-state index contributed by atoms with van der Waals surface area (Å²) in [5, 5.41) is 3.06. The maximum Gasteiger partial charge on any atom is 0.157 e. The van der Waals surface area contributed by atoms with Crippen molar-refractivity contribution in [3.8, 4) is 0 Å². The van der Waals surface area contributed by atoms with Gasteiger partial charge < -0.3 is 5.32 Å².